The molecule has 0 aliphatic heterocycles. The quantitative estimate of drug-likeness (QED) is 0.0719. The van der Waals surface area contributed by atoms with Crippen molar-refractivity contribution in [1.29, 1.82) is 0 Å². The molecule has 2 aromatic carbocycles. The molecule has 0 fully saturated rings. The number of ether oxygens (including phenoxy) is 9. The van der Waals surface area contributed by atoms with Crippen molar-refractivity contribution in [2.24, 2.45) is 0 Å². The van der Waals surface area contributed by atoms with Gasteiger partial charge in [0, 0.05) is 0 Å². The van der Waals surface area contributed by atoms with Gasteiger partial charge in [-0.05, 0) is 15.4 Å². The minimum atomic E-state index is -2.54. The van der Waals surface area contributed by atoms with Crippen molar-refractivity contribution in [2.45, 2.75) is 25.8 Å². The highest BCUT2D eigenvalue weighted by Crippen LogP contribution is 2.36. The molecule has 0 bridgehead atoms. The van der Waals surface area contributed by atoms with Gasteiger partial charge in [0.25, 0.3) is 8.32 Å². The second kappa shape index (κ2) is 25.7. The molecule has 2 rings (SSSR count). The average molecular weight is 681 g/mol. The van der Waals surface area contributed by atoms with Gasteiger partial charge in [0.2, 0.25) is 0 Å². The summed E-state index contributed by atoms with van der Waals surface area (Å²) >= 11 is 0. The molecule has 0 spiro atoms. The van der Waals surface area contributed by atoms with Crippen molar-refractivity contribution >= 4 is 24.7 Å². The lowest BCUT2D eigenvalue weighted by Crippen LogP contribution is -2.66. The summed E-state index contributed by atoms with van der Waals surface area (Å²) in [5, 5.41) is 2.47. The van der Waals surface area contributed by atoms with Gasteiger partial charge in [-0.2, -0.15) is 0 Å². The first-order valence-corrected chi connectivity index (χ1v) is 18.3. The Bertz CT molecular complexity index is 982. The van der Waals surface area contributed by atoms with Crippen LogP contribution in [0, 0.1) is 0 Å². The number of rotatable bonds is 29. The molecule has 0 radical (unpaired) electrons. The Balaban J connectivity index is 1.39. The summed E-state index contributed by atoms with van der Waals surface area (Å²) in [4.78, 5) is 10.9. The maximum absolute atomic E-state index is 10.9. The predicted octanol–water partition coefficient (Wildman–Crippen LogP) is 2.87. The average Bonchev–Trinajstić information content (AvgIpc) is 3.08. The first-order valence-electron chi connectivity index (χ1n) is 16.4. The molecule has 0 unspecified atom stereocenters. The number of benzene rings is 2. The molecular formula is C35H56O11Si. The maximum atomic E-state index is 10.9. The van der Waals surface area contributed by atoms with Gasteiger partial charge in [-0.25, -0.2) is 4.79 Å². The minimum absolute atomic E-state index is 0.0577. The lowest BCUT2D eigenvalue weighted by molar-refractivity contribution is -0.146. The van der Waals surface area contributed by atoms with Crippen molar-refractivity contribution in [3.63, 3.8) is 0 Å². The summed E-state index contributed by atoms with van der Waals surface area (Å²) in [6.07, 6.45) is 0. The Morgan fingerprint density at radius 1 is 0.489 bits per heavy atom. The van der Waals surface area contributed by atoms with E-state index >= 15 is 0 Å². The van der Waals surface area contributed by atoms with Gasteiger partial charge in [-0.15, -0.1) is 0 Å². The van der Waals surface area contributed by atoms with Crippen molar-refractivity contribution in [1.82, 2.24) is 0 Å². The van der Waals surface area contributed by atoms with Crippen LogP contribution in [-0.2, 0) is 51.9 Å². The molecule has 0 atom stereocenters. The Kier molecular flexibility index (Phi) is 22.4. The number of hydrogen-bond donors (Lipinski definition) is 0. The number of carbonyl (C=O) groups excluding carboxylic acids is 1. The Labute approximate surface area is 282 Å². The van der Waals surface area contributed by atoms with E-state index in [0.29, 0.717) is 106 Å². The van der Waals surface area contributed by atoms with E-state index in [4.69, 9.17) is 42.3 Å². The molecule has 0 N–H and O–H groups in total. The molecule has 0 aliphatic rings. The molecule has 2 aromatic rings. The zero-order valence-electron chi connectivity index (χ0n) is 28.8. The van der Waals surface area contributed by atoms with Gasteiger partial charge < -0.3 is 47.1 Å². The lowest BCUT2D eigenvalue weighted by atomic mass is 10.2. The minimum Gasteiger partial charge on any atom is -0.467 e. The van der Waals surface area contributed by atoms with Crippen LogP contribution in [0.1, 0.15) is 20.8 Å². The maximum Gasteiger partial charge on any atom is 0.331 e. The van der Waals surface area contributed by atoms with Crippen LogP contribution in [0.25, 0.3) is 0 Å². The Morgan fingerprint density at radius 3 is 1.09 bits per heavy atom. The predicted molar refractivity (Wildman–Crippen MR) is 182 cm³/mol. The van der Waals surface area contributed by atoms with Gasteiger partial charge in [0.15, 0.2) is 0 Å². The molecule has 11 nitrogen and oxygen atoms in total. The van der Waals surface area contributed by atoms with Gasteiger partial charge in [-0.1, -0.05) is 81.4 Å². The van der Waals surface area contributed by atoms with Crippen LogP contribution in [0.5, 0.6) is 0 Å². The van der Waals surface area contributed by atoms with Crippen molar-refractivity contribution < 1.29 is 51.9 Å². The van der Waals surface area contributed by atoms with E-state index in [9.17, 15) is 4.79 Å². The number of methoxy groups -OCH3 is 1. The number of esters is 1. The van der Waals surface area contributed by atoms with Crippen LogP contribution >= 0.6 is 0 Å². The summed E-state index contributed by atoms with van der Waals surface area (Å²) in [7, 11) is -1.22. The van der Waals surface area contributed by atoms with Crippen molar-refractivity contribution in [3.8, 4) is 0 Å². The fourth-order valence-electron chi connectivity index (χ4n) is 4.77. The van der Waals surface area contributed by atoms with Crippen molar-refractivity contribution in [2.75, 3.05) is 119 Å². The summed E-state index contributed by atoms with van der Waals surface area (Å²) in [5.41, 5.74) is 0. The fraction of sp³-hybridized carbons (Fsp3) is 0.629. The van der Waals surface area contributed by atoms with Gasteiger partial charge in [-0.3, -0.25) is 0 Å². The topological polar surface area (TPSA) is 109 Å². The molecule has 0 heterocycles. The van der Waals surface area contributed by atoms with Crippen molar-refractivity contribution in [3.05, 3.63) is 60.7 Å². The summed E-state index contributed by atoms with van der Waals surface area (Å²) in [6.45, 7) is 14.3. The smallest absolute Gasteiger partial charge is 0.331 e. The van der Waals surface area contributed by atoms with Crippen LogP contribution in [0.4, 0.5) is 0 Å². The monoisotopic (exact) mass is 680 g/mol. The zero-order valence-corrected chi connectivity index (χ0v) is 29.8. The fourth-order valence-corrected chi connectivity index (χ4v) is 9.31. The Hall–Kier alpha value is -2.23. The largest absolute Gasteiger partial charge is 0.467 e. The van der Waals surface area contributed by atoms with E-state index in [0.717, 1.165) is 0 Å². The van der Waals surface area contributed by atoms with E-state index in [1.165, 1.54) is 17.5 Å². The first-order chi connectivity index (χ1) is 22.9. The third-order valence-corrected chi connectivity index (χ3v) is 12.1. The molecule has 266 valence electrons. The molecule has 0 aliphatic carbocycles. The van der Waals surface area contributed by atoms with Gasteiger partial charge in [0.1, 0.15) is 6.61 Å². The van der Waals surface area contributed by atoms with E-state index in [1.807, 2.05) is 0 Å². The van der Waals surface area contributed by atoms with E-state index in [2.05, 4.69) is 86.2 Å². The standard InChI is InChI=1S/C35H56O11Si/c1-35(2,3)47(32-11-7-5-8-12-32,33-13-9-6-10-14-33)46-30-29-44-26-25-42-22-21-40-18-17-38-15-16-39-19-20-41-23-24-43-27-28-45-31-34(36)37-4/h5-14H,15-31H2,1-4H3. The normalized spacial score (nSPS) is 12.0. The highest BCUT2D eigenvalue weighted by Gasteiger charge is 2.50. The summed E-state index contributed by atoms with van der Waals surface area (Å²) < 4.78 is 55.1. The zero-order chi connectivity index (χ0) is 33.9. The highest BCUT2D eigenvalue weighted by molar-refractivity contribution is 6.99. The SMILES string of the molecule is COC(=O)COCCOCCOCCOCCOCCOCCOCCOCCO[Si](c1ccccc1)(c1ccccc1)C(C)(C)C. The first kappa shape index (κ1) is 40.9. The molecule has 0 saturated carbocycles. The van der Waals surface area contributed by atoms with Gasteiger partial charge >= 0.3 is 5.97 Å². The van der Waals surface area contributed by atoms with Crippen LogP contribution in [0.2, 0.25) is 5.04 Å². The van der Waals surface area contributed by atoms with Crippen LogP contribution in [0.3, 0.4) is 0 Å². The van der Waals surface area contributed by atoms with Crippen LogP contribution in [0.15, 0.2) is 60.7 Å². The second-order valence-corrected chi connectivity index (χ2v) is 15.7. The molecule has 12 heteroatoms. The van der Waals surface area contributed by atoms with Gasteiger partial charge in [0.05, 0.1) is 113 Å². The Morgan fingerprint density at radius 2 is 0.787 bits per heavy atom. The third kappa shape index (κ3) is 17.1. The highest BCUT2D eigenvalue weighted by atomic mass is 28.4. The van der Waals surface area contributed by atoms with E-state index in [1.54, 1.807) is 0 Å². The number of carbonyl (C=O) groups is 1. The number of hydrogen-bond acceptors (Lipinski definition) is 11. The summed E-state index contributed by atoms with van der Waals surface area (Å²) in [6, 6.07) is 21.2. The molecular weight excluding hydrogens is 624 g/mol. The molecule has 0 amide bonds. The summed E-state index contributed by atoms with van der Waals surface area (Å²) in [5.74, 6) is -0.406. The molecule has 0 aromatic heterocycles. The van der Waals surface area contributed by atoms with Crippen LogP contribution < -0.4 is 10.4 Å². The third-order valence-electron chi connectivity index (χ3n) is 7.01. The van der Waals surface area contributed by atoms with E-state index in [-0.39, 0.29) is 11.6 Å². The van der Waals surface area contributed by atoms with E-state index < -0.39 is 14.3 Å². The van der Waals surface area contributed by atoms with Crippen LogP contribution in [-0.4, -0.2) is 134 Å². The second-order valence-electron chi connectivity index (χ2n) is 11.4. The molecule has 47 heavy (non-hydrogen) atoms. The molecule has 0 saturated heterocycles. The lowest BCUT2D eigenvalue weighted by Gasteiger charge is -2.43.